The molecule has 0 aliphatic carbocycles. The summed E-state index contributed by atoms with van der Waals surface area (Å²) < 4.78 is 42.5. The van der Waals surface area contributed by atoms with Gasteiger partial charge in [0.2, 0.25) is 5.91 Å². The second kappa shape index (κ2) is 8.74. The second-order valence-corrected chi connectivity index (χ2v) is 6.73. The standard InChI is InChI=1S/C18H18ClF3N6O2/c1-3-30-13-7-25-15(12-6-24-14-11(12)4-10(19)5-23-14)28-16(13)27-9(2)17(29)26-8-18(20,21)22/h4-7,9H,3,8H2,1-2H3,(H,23,24)(H,26,29)(H,25,27,28)/t9-/m0/s1. The molecule has 0 fully saturated rings. The summed E-state index contributed by atoms with van der Waals surface area (Å²) in [4.78, 5) is 27.9. The van der Waals surface area contributed by atoms with E-state index in [1.165, 1.54) is 19.3 Å². The first-order valence-corrected chi connectivity index (χ1v) is 9.29. The minimum Gasteiger partial charge on any atom is -0.488 e. The number of halogens is 4. The van der Waals surface area contributed by atoms with Crippen molar-refractivity contribution in [1.29, 1.82) is 0 Å². The number of hydrogen-bond acceptors (Lipinski definition) is 6. The Morgan fingerprint density at radius 1 is 1.33 bits per heavy atom. The summed E-state index contributed by atoms with van der Waals surface area (Å²) in [6.07, 6.45) is 0.0777. The van der Waals surface area contributed by atoms with E-state index in [0.29, 0.717) is 34.1 Å². The highest BCUT2D eigenvalue weighted by Crippen LogP contribution is 2.30. The number of aromatic nitrogens is 4. The average Bonchev–Trinajstić information content (AvgIpc) is 3.10. The van der Waals surface area contributed by atoms with Gasteiger partial charge in [0, 0.05) is 23.3 Å². The van der Waals surface area contributed by atoms with Gasteiger partial charge in [0.25, 0.3) is 0 Å². The minimum atomic E-state index is -4.50. The van der Waals surface area contributed by atoms with Crippen molar-refractivity contribution < 1.29 is 22.7 Å². The third-order valence-corrected chi connectivity index (χ3v) is 4.21. The number of hydrogen-bond donors (Lipinski definition) is 3. The van der Waals surface area contributed by atoms with Crippen molar-refractivity contribution in [3.63, 3.8) is 0 Å². The molecule has 1 atom stereocenters. The summed E-state index contributed by atoms with van der Waals surface area (Å²) in [5.41, 5.74) is 1.20. The Morgan fingerprint density at radius 2 is 2.10 bits per heavy atom. The molecule has 0 saturated heterocycles. The van der Waals surface area contributed by atoms with Gasteiger partial charge in [0.15, 0.2) is 17.4 Å². The molecule has 0 spiro atoms. The van der Waals surface area contributed by atoms with Crippen LogP contribution in [0, 0.1) is 0 Å². The van der Waals surface area contributed by atoms with E-state index in [0.717, 1.165) is 0 Å². The van der Waals surface area contributed by atoms with E-state index >= 15 is 0 Å². The van der Waals surface area contributed by atoms with Crippen LogP contribution in [-0.4, -0.2) is 51.2 Å². The number of ether oxygens (including phenoxy) is 1. The summed E-state index contributed by atoms with van der Waals surface area (Å²) in [6.45, 7) is 2.05. The first-order valence-electron chi connectivity index (χ1n) is 8.91. The molecule has 0 saturated carbocycles. The number of anilines is 1. The van der Waals surface area contributed by atoms with Crippen molar-refractivity contribution in [2.24, 2.45) is 0 Å². The molecule has 1 amide bonds. The average molecular weight is 443 g/mol. The molecular weight excluding hydrogens is 425 g/mol. The van der Waals surface area contributed by atoms with Crippen molar-refractivity contribution in [3.8, 4) is 17.1 Å². The van der Waals surface area contributed by atoms with E-state index < -0.39 is 24.7 Å². The predicted molar refractivity (Wildman–Crippen MR) is 105 cm³/mol. The van der Waals surface area contributed by atoms with E-state index in [4.69, 9.17) is 16.3 Å². The fourth-order valence-corrected chi connectivity index (χ4v) is 2.80. The normalized spacial score (nSPS) is 12.6. The molecule has 0 radical (unpaired) electrons. The van der Waals surface area contributed by atoms with Gasteiger partial charge in [0.1, 0.15) is 18.2 Å². The number of rotatable bonds is 7. The Bertz CT molecular complexity index is 1060. The summed E-state index contributed by atoms with van der Waals surface area (Å²) in [7, 11) is 0. The molecule has 160 valence electrons. The molecule has 3 aromatic rings. The van der Waals surface area contributed by atoms with Crippen molar-refractivity contribution >= 4 is 34.4 Å². The van der Waals surface area contributed by atoms with E-state index in [9.17, 15) is 18.0 Å². The maximum absolute atomic E-state index is 12.3. The van der Waals surface area contributed by atoms with Gasteiger partial charge >= 0.3 is 6.18 Å². The summed E-state index contributed by atoms with van der Waals surface area (Å²) in [5, 5.41) is 5.74. The lowest BCUT2D eigenvalue weighted by molar-refractivity contribution is -0.138. The van der Waals surface area contributed by atoms with E-state index in [1.807, 2.05) is 5.32 Å². The summed E-state index contributed by atoms with van der Waals surface area (Å²) in [5.74, 6) is -0.120. The molecule has 0 aromatic carbocycles. The number of nitrogens with one attached hydrogen (secondary N) is 3. The Balaban J connectivity index is 1.89. The Morgan fingerprint density at radius 3 is 2.80 bits per heavy atom. The summed E-state index contributed by atoms with van der Waals surface area (Å²) >= 11 is 6.02. The van der Waals surface area contributed by atoms with Gasteiger partial charge in [-0.15, -0.1) is 0 Å². The largest absolute Gasteiger partial charge is 0.488 e. The van der Waals surface area contributed by atoms with Crippen molar-refractivity contribution in [2.45, 2.75) is 26.1 Å². The molecule has 0 aliphatic heterocycles. The molecule has 0 unspecified atom stereocenters. The van der Waals surface area contributed by atoms with E-state index in [-0.39, 0.29) is 11.6 Å². The zero-order valence-corrected chi connectivity index (χ0v) is 16.7. The van der Waals surface area contributed by atoms with Crippen LogP contribution in [0.25, 0.3) is 22.4 Å². The molecular formula is C18H18ClF3N6O2. The zero-order chi connectivity index (χ0) is 21.9. The molecule has 0 aliphatic rings. The smallest absolute Gasteiger partial charge is 0.405 e. The lowest BCUT2D eigenvalue weighted by Crippen LogP contribution is -2.42. The molecule has 3 rings (SSSR count). The number of alkyl halides is 3. The minimum absolute atomic E-state index is 0.167. The third kappa shape index (κ3) is 5.09. The van der Waals surface area contributed by atoms with Crippen LogP contribution >= 0.6 is 11.6 Å². The number of nitrogens with zero attached hydrogens (tertiary/aromatic N) is 3. The van der Waals surface area contributed by atoms with E-state index in [1.54, 1.807) is 19.2 Å². The number of carbonyl (C=O) groups is 1. The van der Waals surface area contributed by atoms with Crippen LogP contribution < -0.4 is 15.4 Å². The predicted octanol–water partition coefficient (Wildman–Crippen LogP) is 3.55. The molecule has 30 heavy (non-hydrogen) atoms. The summed E-state index contributed by atoms with van der Waals surface area (Å²) in [6, 6.07) is 0.698. The molecule has 8 nitrogen and oxygen atoms in total. The lowest BCUT2D eigenvalue weighted by atomic mass is 10.2. The maximum Gasteiger partial charge on any atom is 0.405 e. The number of pyridine rings is 1. The Kier molecular flexibility index (Phi) is 6.30. The molecule has 3 aromatic heterocycles. The van der Waals surface area contributed by atoms with Gasteiger partial charge in [-0.1, -0.05) is 11.6 Å². The van der Waals surface area contributed by atoms with Crippen LogP contribution in [0.4, 0.5) is 19.0 Å². The van der Waals surface area contributed by atoms with Crippen molar-refractivity contribution in [3.05, 3.63) is 29.7 Å². The van der Waals surface area contributed by atoms with E-state index in [2.05, 4.69) is 25.3 Å². The molecule has 0 bridgehead atoms. The quantitative estimate of drug-likeness (QED) is 0.517. The van der Waals surface area contributed by atoms with Crippen LogP contribution in [-0.2, 0) is 4.79 Å². The molecule has 3 heterocycles. The van der Waals surface area contributed by atoms with Crippen LogP contribution in [0.2, 0.25) is 5.02 Å². The number of fused-ring (bicyclic) bond motifs is 1. The zero-order valence-electron chi connectivity index (χ0n) is 16.0. The fourth-order valence-electron chi connectivity index (χ4n) is 2.64. The maximum atomic E-state index is 12.3. The fraction of sp³-hybridized carbons (Fsp3) is 0.333. The van der Waals surface area contributed by atoms with Crippen LogP contribution in [0.15, 0.2) is 24.7 Å². The van der Waals surface area contributed by atoms with Crippen LogP contribution in [0.5, 0.6) is 5.75 Å². The Hall–Kier alpha value is -3.08. The van der Waals surface area contributed by atoms with Crippen molar-refractivity contribution in [2.75, 3.05) is 18.5 Å². The first kappa shape index (κ1) is 21.6. The monoisotopic (exact) mass is 442 g/mol. The lowest BCUT2D eigenvalue weighted by Gasteiger charge is -2.18. The van der Waals surface area contributed by atoms with Gasteiger partial charge in [0.05, 0.1) is 17.8 Å². The molecule has 12 heteroatoms. The highest BCUT2D eigenvalue weighted by Gasteiger charge is 2.29. The van der Waals surface area contributed by atoms with Gasteiger partial charge in [-0.2, -0.15) is 13.2 Å². The van der Waals surface area contributed by atoms with Gasteiger partial charge in [-0.25, -0.2) is 15.0 Å². The Labute approximate surface area is 174 Å². The number of amides is 1. The highest BCUT2D eigenvalue weighted by atomic mass is 35.5. The first-order chi connectivity index (χ1) is 14.2. The number of aromatic amines is 1. The van der Waals surface area contributed by atoms with Crippen molar-refractivity contribution in [1.82, 2.24) is 25.3 Å². The third-order valence-electron chi connectivity index (χ3n) is 4.00. The number of H-pyrrole nitrogens is 1. The van der Waals surface area contributed by atoms with Gasteiger partial charge in [-0.3, -0.25) is 4.79 Å². The second-order valence-electron chi connectivity index (χ2n) is 6.29. The molecule has 3 N–H and O–H groups in total. The van der Waals surface area contributed by atoms with Gasteiger partial charge in [-0.05, 0) is 19.9 Å². The van der Waals surface area contributed by atoms with Crippen LogP contribution in [0.1, 0.15) is 13.8 Å². The topological polar surface area (TPSA) is 105 Å². The van der Waals surface area contributed by atoms with Gasteiger partial charge < -0.3 is 20.4 Å². The van der Waals surface area contributed by atoms with Crippen LogP contribution in [0.3, 0.4) is 0 Å². The number of carbonyl (C=O) groups excluding carboxylic acids is 1. The SMILES string of the molecule is CCOc1cnc(-c2c[nH]c3ncc(Cl)cc23)nc1N[C@@H](C)C(=O)NCC(F)(F)F. The highest BCUT2D eigenvalue weighted by molar-refractivity contribution is 6.31.